The van der Waals surface area contributed by atoms with Crippen LogP contribution in [0.4, 0.5) is 5.69 Å². The summed E-state index contributed by atoms with van der Waals surface area (Å²) < 4.78 is 25.1. The molecule has 0 saturated heterocycles. The average Bonchev–Trinajstić information content (AvgIpc) is 2.56. The van der Waals surface area contributed by atoms with Crippen molar-refractivity contribution in [3.05, 3.63) is 64.1 Å². The van der Waals surface area contributed by atoms with Gasteiger partial charge in [-0.15, -0.1) is 0 Å². The molecule has 0 radical (unpaired) electrons. The predicted octanol–water partition coefficient (Wildman–Crippen LogP) is 3.96. The second kappa shape index (κ2) is 7.55. The van der Waals surface area contributed by atoms with Crippen molar-refractivity contribution in [3.63, 3.8) is 0 Å². The number of carbonyl (C=O) groups is 1. The van der Waals surface area contributed by atoms with Crippen LogP contribution in [0.2, 0.25) is 10.0 Å². The highest BCUT2D eigenvalue weighted by atomic mass is 35.5. The van der Waals surface area contributed by atoms with Crippen molar-refractivity contribution >= 4 is 44.6 Å². The van der Waals surface area contributed by atoms with E-state index in [1.165, 1.54) is 24.0 Å². The van der Waals surface area contributed by atoms with E-state index in [9.17, 15) is 13.2 Å². The summed E-state index contributed by atoms with van der Waals surface area (Å²) in [6.07, 6.45) is 0. The van der Waals surface area contributed by atoms with Crippen molar-refractivity contribution in [1.29, 1.82) is 0 Å². The molecule has 0 aliphatic rings. The van der Waals surface area contributed by atoms with Crippen LogP contribution in [0.15, 0.2) is 48.5 Å². The molecule has 24 heavy (non-hydrogen) atoms. The summed E-state index contributed by atoms with van der Waals surface area (Å²) in [5.74, 6) is -0.763. The molecule has 2 aromatic rings. The molecule has 0 fully saturated rings. The van der Waals surface area contributed by atoms with Crippen molar-refractivity contribution < 1.29 is 13.2 Å². The molecule has 0 N–H and O–H groups in total. The zero-order chi connectivity index (χ0) is 17.9. The number of halogens is 2. The van der Waals surface area contributed by atoms with Gasteiger partial charge in [-0.2, -0.15) is 0 Å². The molecule has 1 unspecified atom stereocenters. The number of nitrogens with zero attached hydrogens (tertiary/aromatic N) is 1. The first-order chi connectivity index (χ1) is 11.2. The van der Waals surface area contributed by atoms with Crippen LogP contribution >= 0.6 is 23.2 Å². The molecule has 1 atom stereocenters. The van der Waals surface area contributed by atoms with E-state index in [1.807, 2.05) is 6.07 Å². The summed E-state index contributed by atoms with van der Waals surface area (Å²) >= 11 is 11.7. The summed E-state index contributed by atoms with van der Waals surface area (Å²) in [6.45, 7) is 1.40. The van der Waals surface area contributed by atoms with E-state index in [2.05, 4.69) is 0 Å². The average molecular weight is 386 g/mol. The maximum Gasteiger partial charge on any atom is 0.244 e. The molecular formula is C17H17Cl2NO3S. The summed E-state index contributed by atoms with van der Waals surface area (Å²) in [5, 5.41) is -0.535. The van der Waals surface area contributed by atoms with E-state index in [0.717, 1.165) is 0 Å². The lowest BCUT2D eigenvalue weighted by atomic mass is 10.2. The molecular weight excluding hydrogens is 369 g/mol. The van der Waals surface area contributed by atoms with Crippen molar-refractivity contribution in [2.24, 2.45) is 0 Å². The minimum Gasteiger partial charge on any atom is -0.314 e. The summed E-state index contributed by atoms with van der Waals surface area (Å²) in [4.78, 5) is 13.8. The first-order valence-corrected chi connectivity index (χ1v) is 9.67. The number of anilines is 1. The Kier molecular flexibility index (Phi) is 5.91. The molecule has 0 spiro atoms. The van der Waals surface area contributed by atoms with Crippen LogP contribution in [0, 0.1) is 0 Å². The van der Waals surface area contributed by atoms with Crippen molar-refractivity contribution in [2.75, 3.05) is 11.9 Å². The lowest BCUT2D eigenvalue weighted by Gasteiger charge is -2.21. The van der Waals surface area contributed by atoms with E-state index < -0.39 is 21.0 Å². The van der Waals surface area contributed by atoms with Gasteiger partial charge in [0.2, 0.25) is 5.91 Å². The molecule has 7 heteroatoms. The Morgan fingerprint density at radius 3 is 2.29 bits per heavy atom. The number of rotatable bonds is 5. The minimum absolute atomic E-state index is 0.278. The Morgan fingerprint density at radius 2 is 1.71 bits per heavy atom. The van der Waals surface area contributed by atoms with Crippen molar-refractivity contribution in [2.45, 2.75) is 17.9 Å². The van der Waals surface area contributed by atoms with Gasteiger partial charge in [0, 0.05) is 12.7 Å². The summed E-state index contributed by atoms with van der Waals surface area (Å²) in [7, 11) is -2.13. The molecule has 2 rings (SSSR count). The third-order valence-electron chi connectivity index (χ3n) is 3.71. The highest BCUT2D eigenvalue weighted by Crippen LogP contribution is 2.24. The molecule has 0 aromatic heterocycles. The monoisotopic (exact) mass is 385 g/mol. The van der Waals surface area contributed by atoms with Gasteiger partial charge in [0.25, 0.3) is 0 Å². The Labute approximate surface area is 151 Å². The maximum absolute atomic E-state index is 12.5. The molecule has 0 bridgehead atoms. The van der Waals surface area contributed by atoms with Gasteiger partial charge in [0.05, 0.1) is 15.8 Å². The van der Waals surface area contributed by atoms with Gasteiger partial charge in [-0.05, 0) is 36.8 Å². The Hall–Kier alpha value is -1.56. The third kappa shape index (κ3) is 4.29. The number of para-hydroxylation sites is 1. The molecule has 0 saturated carbocycles. The Balaban J connectivity index is 2.18. The molecule has 4 nitrogen and oxygen atoms in total. The van der Waals surface area contributed by atoms with Gasteiger partial charge in [-0.25, -0.2) is 8.42 Å². The predicted molar refractivity (Wildman–Crippen MR) is 98.4 cm³/mol. The van der Waals surface area contributed by atoms with Crippen LogP contribution in [-0.2, 0) is 20.4 Å². The number of sulfone groups is 1. The zero-order valence-corrected chi connectivity index (χ0v) is 15.6. The third-order valence-corrected chi connectivity index (χ3v) is 6.47. The lowest BCUT2D eigenvalue weighted by molar-refractivity contribution is -0.117. The normalized spacial score (nSPS) is 12.7. The largest absolute Gasteiger partial charge is 0.314 e. The van der Waals surface area contributed by atoms with Crippen LogP contribution in [-0.4, -0.2) is 26.6 Å². The first kappa shape index (κ1) is 18.8. The van der Waals surface area contributed by atoms with Gasteiger partial charge in [-0.3, -0.25) is 4.79 Å². The molecule has 2 aromatic carbocycles. The first-order valence-electron chi connectivity index (χ1n) is 7.20. The number of hydrogen-bond donors (Lipinski definition) is 0. The second-order valence-corrected chi connectivity index (χ2v) is 8.57. The van der Waals surface area contributed by atoms with E-state index in [-0.39, 0.29) is 10.8 Å². The number of amides is 1. The van der Waals surface area contributed by atoms with E-state index >= 15 is 0 Å². The smallest absolute Gasteiger partial charge is 0.244 e. The topological polar surface area (TPSA) is 54.5 Å². The highest BCUT2D eigenvalue weighted by Gasteiger charge is 2.31. The summed E-state index contributed by atoms with van der Waals surface area (Å²) in [5.41, 5.74) is 1.13. The minimum atomic E-state index is -3.69. The van der Waals surface area contributed by atoms with Gasteiger partial charge in [0.1, 0.15) is 5.25 Å². The van der Waals surface area contributed by atoms with Crippen LogP contribution in [0.5, 0.6) is 0 Å². The van der Waals surface area contributed by atoms with Crippen LogP contribution in [0.25, 0.3) is 0 Å². The SMILES string of the molecule is CC(C(=O)N(C)c1ccccc1)S(=O)(=O)Cc1ccc(Cl)c(Cl)c1. The summed E-state index contributed by atoms with van der Waals surface area (Å²) in [6, 6.07) is 13.5. The van der Waals surface area contributed by atoms with Gasteiger partial charge < -0.3 is 4.90 Å². The van der Waals surface area contributed by atoms with Crippen molar-refractivity contribution in [3.8, 4) is 0 Å². The maximum atomic E-state index is 12.5. The number of benzene rings is 2. The van der Waals surface area contributed by atoms with Crippen LogP contribution in [0.1, 0.15) is 12.5 Å². The van der Waals surface area contributed by atoms with Gasteiger partial charge in [0.15, 0.2) is 9.84 Å². The number of hydrogen-bond acceptors (Lipinski definition) is 3. The molecule has 128 valence electrons. The van der Waals surface area contributed by atoms with Crippen LogP contribution < -0.4 is 4.90 Å². The fourth-order valence-corrected chi connectivity index (χ4v) is 3.87. The second-order valence-electron chi connectivity index (χ2n) is 5.43. The zero-order valence-electron chi connectivity index (χ0n) is 13.2. The van der Waals surface area contributed by atoms with E-state index in [0.29, 0.717) is 16.3 Å². The number of carbonyl (C=O) groups excluding carboxylic acids is 1. The van der Waals surface area contributed by atoms with E-state index in [1.54, 1.807) is 37.4 Å². The van der Waals surface area contributed by atoms with E-state index in [4.69, 9.17) is 23.2 Å². The Morgan fingerprint density at radius 1 is 1.08 bits per heavy atom. The fourth-order valence-electron chi connectivity index (χ4n) is 2.19. The molecule has 0 aliphatic heterocycles. The Bertz CT molecular complexity index is 838. The molecule has 0 heterocycles. The van der Waals surface area contributed by atoms with Crippen molar-refractivity contribution in [1.82, 2.24) is 0 Å². The van der Waals surface area contributed by atoms with Gasteiger partial charge >= 0.3 is 0 Å². The fraction of sp³-hybridized carbons (Fsp3) is 0.235. The molecule has 1 amide bonds. The van der Waals surface area contributed by atoms with Gasteiger partial charge in [-0.1, -0.05) is 47.5 Å². The quantitative estimate of drug-likeness (QED) is 0.782. The van der Waals surface area contributed by atoms with Crippen LogP contribution in [0.3, 0.4) is 0 Å². The standard InChI is InChI=1S/C17H17Cl2NO3S/c1-12(17(21)20(2)14-6-4-3-5-7-14)24(22,23)11-13-8-9-15(18)16(19)10-13/h3-10,12H,11H2,1-2H3. The lowest BCUT2D eigenvalue weighted by Crippen LogP contribution is -2.39. The highest BCUT2D eigenvalue weighted by molar-refractivity contribution is 7.92. The molecule has 0 aliphatic carbocycles.